The summed E-state index contributed by atoms with van der Waals surface area (Å²) in [7, 11) is 1.55. The molecule has 0 bridgehead atoms. The van der Waals surface area contributed by atoms with Gasteiger partial charge in [-0.1, -0.05) is 39.8 Å². The molecule has 2 aliphatic heterocycles. The van der Waals surface area contributed by atoms with Gasteiger partial charge in [-0.3, -0.25) is 28.8 Å². The van der Waals surface area contributed by atoms with Gasteiger partial charge in [0.25, 0.3) is 0 Å². The van der Waals surface area contributed by atoms with Crippen LogP contribution in [0.25, 0.3) is 0 Å². The molecule has 0 spiro atoms. The lowest BCUT2D eigenvalue weighted by molar-refractivity contribution is -0.145. The highest BCUT2D eigenvalue weighted by Gasteiger charge is 2.35. The van der Waals surface area contributed by atoms with Crippen molar-refractivity contribution in [2.24, 2.45) is 17.8 Å². The molecule has 14 heteroatoms. The molecule has 2 aliphatic rings. The summed E-state index contributed by atoms with van der Waals surface area (Å²) in [6.07, 6.45) is 1.27. The Hall–Kier alpha value is -4.20. The predicted octanol–water partition coefficient (Wildman–Crippen LogP) is 1.02. The minimum atomic E-state index is -1.05. The van der Waals surface area contributed by atoms with Crippen LogP contribution in [0.3, 0.4) is 0 Å². The third kappa shape index (κ3) is 12.0. The molecule has 3 rings (SSSR count). The summed E-state index contributed by atoms with van der Waals surface area (Å²) in [6, 6.07) is 3.56. The lowest BCUT2D eigenvalue weighted by Crippen LogP contribution is -2.57. The highest BCUT2D eigenvalue weighted by molar-refractivity contribution is 5.95. The number of methoxy groups -OCH3 is 1. The Kier molecular flexibility index (Phi) is 15.5. The van der Waals surface area contributed by atoms with Gasteiger partial charge in [-0.15, -0.1) is 0 Å². The Morgan fingerprint density at radius 1 is 0.860 bits per heavy atom. The van der Waals surface area contributed by atoms with E-state index in [-0.39, 0.29) is 49.8 Å². The van der Waals surface area contributed by atoms with Crippen LogP contribution in [0.5, 0.6) is 5.75 Å². The molecule has 2 fully saturated rings. The first-order valence-electron chi connectivity index (χ1n) is 17.7. The molecule has 4 N–H and O–H groups in total. The Morgan fingerprint density at radius 2 is 1.50 bits per heavy atom. The molecule has 14 nitrogen and oxygen atoms in total. The summed E-state index contributed by atoms with van der Waals surface area (Å²) >= 11 is 0. The molecule has 0 aliphatic carbocycles. The summed E-state index contributed by atoms with van der Waals surface area (Å²) in [5.74, 6) is -2.39. The number of nitrogens with zero attached hydrogens (tertiary/aromatic N) is 2. The smallest absolute Gasteiger partial charge is 0.248 e. The number of hydrogen-bond acceptors (Lipinski definition) is 8. The molecule has 50 heavy (non-hydrogen) atoms. The van der Waals surface area contributed by atoms with E-state index in [0.717, 1.165) is 5.56 Å². The van der Waals surface area contributed by atoms with Crippen molar-refractivity contribution < 1.29 is 38.2 Å². The maximum absolute atomic E-state index is 14.0. The van der Waals surface area contributed by atoms with Gasteiger partial charge >= 0.3 is 0 Å². The van der Waals surface area contributed by atoms with Crippen molar-refractivity contribution in [2.75, 3.05) is 46.5 Å². The predicted molar refractivity (Wildman–Crippen MR) is 187 cm³/mol. The molecule has 4 atom stereocenters. The third-order valence-corrected chi connectivity index (χ3v) is 9.16. The molecule has 1 aromatic rings. The van der Waals surface area contributed by atoms with Gasteiger partial charge in [0.05, 0.1) is 13.7 Å². The Bertz CT molecular complexity index is 1330. The maximum atomic E-state index is 14.0. The number of ether oxygens (including phenoxy) is 2. The quantitative estimate of drug-likeness (QED) is 0.280. The number of rotatable bonds is 10. The summed E-state index contributed by atoms with van der Waals surface area (Å²) in [5, 5.41) is 11.4. The van der Waals surface area contributed by atoms with Gasteiger partial charge in [-0.25, -0.2) is 0 Å². The van der Waals surface area contributed by atoms with Crippen molar-refractivity contribution in [3.63, 3.8) is 0 Å². The standard InChI is InChI=1S/C36H56N6O8/c1-8-50-21-32(44)41-15-13-26(14-16-41)36(48)42-19-30(23(4)5)40-33(45)24(6)37-34(46)29(18-25-9-11-27(49-7)12-10-25)39-35(47)28(17-22(2)3)38-31(43)20-42/h9-12,22-24,26,28-30H,8,13-21H2,1-7H3,(H,37,46)(H,38,43)(H,39,47)(H,40,45)/t24-,28+,29+,30-/m1/s1. The number of piperidine rings is 1. The van der Waals surface area contributed by atoms with Crippen molar-refractivity contribution in [3.8, 4) is 5.75 Å². The first-order chi connectivity index (χ1) is 23.7. The second-order valence-electron chi connectivity index (χ2n) is 14.0. The van der Waals surface area contributed by atoms with Crippen molar-refractivity contribution in [2.45, 2.75) is 91.4 Å². The van der Waals surface area contributed by atoms with E-state index in [1.54, 1.807) is 43.2 Å². The van der Waals surface area contributed by atoms with Crippen LogP contribution in [-0.4, -0.2) is 116 Å². The van der Waals surface area contributed by atoms with E-state index in [1.165, 1.54) is 4.90 Å². The number of benzene rings is 1. The van der Waals surface area contributed by atoms with Gasteiger partial charge in [0.15, 0.2) is 0 Å². The second-order valence-corrected chi connectivity index (χ2v) is 14.0. The van der Waals surface area contributed by atoms with E-state index in [0.29, 0.717) is 44.7 Å². The Balaban J connectivity index is 1.90. The van der Waals surface area contributed by atoms with Crippen molar-refractivity contribution in [3.05, 3.63) is 29.8 Å². The van der Waals surface area contributed by atoms with Crippen molar-refractivity contribution in [1.29, 1.82) is 0 Å². The SMILES string of the molecule is CCOCC(=O)N1CCC(C(=O)N2CC(=O)N[C@@H](CC(C)C)C(=O)N[C@@H](Cc3ccc(OC)cc3)C(=O)N[C@H](C)C(=O)N[C@@H](C(C)C)C2)CC1. The molecule has 1 aromatic carbocycles. The Morgan fingerprint density at radius 3 is 2.08 bits per heavy atom. The van der Waals surface area contributed by atoms with Crippen LogP contribution in [0.2, 0.25) is 0 Å². The average molecular weight is 701 g/mol. The highest BCUT2D eigenvalue weighted by Crippen LogP contribution is 2.21. The molecular formula is C36H56N6O8. The summed E-state index contributed by atoms with van der Waals surface area (Å²) in [5.41, 5.74) is 0.754. The molecule has 2 saturated heterocycles. The molecule has 0 radical (unpaired) electrons. The first kappa shape index (κ1) is 40.2. The number of nitrogens with one attached hydrogen (secondary N) is 4. The van der Waals surface area contributed by atoms with E-state index in [2.05, 4.69) is 21.3 Å². The topological polar surface area (TPSA) is 175 Å². The molecule has 278 valence electrons. The minimum Gasteiger partial charge on any atom is -0.497 e. The monoisotopic (exact) mass is 700 g/mol. The minimum absolute atomic E-state index is 0.0105. The van der Waals surface area contributed by atoms with E-state index in [1.807, 2.05) is 34.6 Å². The van der Waals surface area contributed by atoms with E-state index in [4.69, 9.17) is 9.47 Å². The van der Waals surface area contributed by atoms with Gasteiger partial charge in [0, 0.05) is 44.6 Å². The number of likely N-dealkylation sites (tertiary alicyclic amines) is 1. The van der Waals surface area contributed by atoms with Gasteiger partial charge in [0.1, 0.15) is 30.5 Å². The fourth-order valence-corrected chi connectivity index (χ4v) is 6.09. The second kappa shape index (κ2) is 19.3. The highest BCUT2D eigenvalue weighted by atomic mass is 16.5. The van der Waals surface area contributed by atoms with Crippen LogP contribution in [0.4, 0.5) is 0 Å². The molecule has 2 heterocycles. The number of amides is 6. The normalized spacial score (nSPS) is 23.4. The summed E-state index contributed by atoms with van der Waals surface area (Å²) in [6.45, 7) is 11.9. The first-order valence-corrected chi connectivity index (χ1v) is 17.7. The van der Waals surface area contributed by atoms with E-state index in [9.17, 15) is 28.8 Å². The average Bonchev–Trinajstić information content (AvgIpc) is 3.08. The zero-order valence-electron chi connectivity index (χ0n) is 30.6. The van der Waals surface area contributed by atoms with Crippen LogP contribution in [0.1, 0.15) is 66.4 Å². The number of carbonyl (C=O) groups is 6. The fourth-order valence-electron chi connectivity index (χ4n) is 6.09. The van der Waals surface area contributed by atoms with Crippen LogP contribution in [0.15, 0.2) is 24.3 Å². The van der Waals surface area contributed by atoms with Gasteiger partial charge in [-0.05, 0) is 62.6 Å². The zero-order chi connectivity index (χ0) is 37.0. The lowest BCUT2D eigenvalue weighted by Gasteiger charge is -2.36. The van der Waals surface area contributed by atoms with Crippen LogP contribution in [0, 0.1) is 17.8 Å². The summed E-state index contributed by atoms with van der Waals surface area (Å²) < 4.78 is 10.5. The number of hydrogen-bond donors (Lipinski definition) is 4. The van der Waals surface area contributed by atoms with Crippen molar-refractivity contribution >= 4 is 35.4 Å². The number of carbonyl (C=O) groups excluding carboxylic acids is 6. The molecule has 0 unspecified atom stereocenters. The van der Waals surface area contributed by atoms with Gasteiger partial charge in [0.2, 0.25) is 35.4 Å². The Labute approximate surface area is 295 Å². The molecular weight excluding hydrogens is 644 g/mol. The summed E-state index contributed by atoms with van der Waals surface area (Å²) in [4.78, 5) is 84.1. The fraction of sp³-hybridized carbons (Fsp3) is 0.667. The lowest BCUT2D eigenvalue weighted by atomic mass is 9.94. The van der Waals surface area contributed by atoms with Gasteiger partial charge < -0.3 is 40.5 Å². The van der Waals surface area contributed by atoms with E-state index >= 15 is 0 Å². The van der Waals surface area contributed by atoms with Gasteiger partial charge in [-0.2, -0.15) is 0 Å². The molecule has 6 amide bonds. The molecule has 0 aromatic heterocycles. The zero-order valence-corrected chi connectivity index (χ0v) is 30.6. The van der Waals surface area contributed by atoms with Crippen LogP contribution >= 0.6 is 0 Å². The van der Waals surface area contributed by atoms with Crippen LogP contribution in [-0.2, 0) is 39.9 Å². The largest absolute Gasteiger partial charge is 0.497 e. The third-order valence-electron chi connectivity index (χ3n) is 9.16. The van der Waals surface area contributed by atoms with E-state index < -0.39 is 53.7 Å². The van der Waals surface area contributed by atoms with Crippen LogP contribution < -0.4 is 26.0 Å². The molecule has 0 saturated carbocycles. The van der Waals surface area contributed by atoms with Crippen molar-refractivity contribution in [1.82, 2.24) is 31.1 Å². The maximum Gasteiger partial charge on any atom is 0.248 e.